The third-order valence-electron chi connectivity index (χ3n) is 3.48. The lowest BCUT2D eigenvalue weighted by Crippen LogP contribution is -2.56. The van der Waals surface area contributed by atoms with Gasteiger partial charge >= 0.3 is 0 Å². The molecule has 112 valence electrons. The van der Waals surface area contributed by atoms with E-state index in [0.717, 1.165) is 5.56 Å². The van der Waals surface area contributed by atoms with Crippen LogP contribution >= 0.6 is 0 Å². The molecule has 0 saturated carbocycles. The predicted molar refractivity (Wildman–Crippen MR) is 80.1 cm³/mol. The number of pyridine rings is 1. The van der Waals surface area contributed by atoms with Crippen molar-refractivity contribution >= 4 is 15.9 Å². The first-order valence-corrected chi connectivity index (χ1v) is 8.25. The summed E-state index contributed by atoms with van der Waals surface area (Å²) in [7, 11) is -3.50. The average molecular weight is 298 g/mol. The largest absolute Gasteiger partial charge is 0.386 e. The summed E-state index contributed by atoms with van der Waals surface area (Å²) in [5, 5.41) is 7.62. The number of hydrogen-bond acceptors (Lipinski definition) is 4. The highest BCUT2D eigenvalue weighted by Gasteiger charge is 2.34. The highest BCUT2D eigenvalue weighted by atomic mass is 32.2. The predicted octanol–water partition coefficient (Wildman–Crippen LogP) is 1.04. The molecule has 0 amide bonds. The maximum absolute atomic E-state index is 12.2. The first-order valence-electron chi connectivity index (χ1n) is 6.60. The second kappa shape index (κ2) is 6.81. The van der Waals surface area contributed by atoms with E-state index in [0.29, 0.717) is 19.3 Å². The number of aromatic nitrogens is 1. The van der Waals surface area contributed by atoms with Crippen molar-refractivity contribution in [3.8, 4) is 0 Å². The maximum Gasteiger partial charge on any atom is 0.212 e. The number of aryl methyl sites for hydroxylation is 1. The summed E-state index contributed by atoms with van der Waals surface area (Å²) in [6.07, 6.45) is 4.57. The summed E-state index contributed by atoms with van der Waals surface area (Å²) < 4.78 is 26.9. The molecule has 1 rings (SSSR count). The maximum atomic E-state index is 12.2. The molecule has 0 bridgehead atoms. The number of rotatable bonds is 8. The first kappa shape index (κ1) is 16.6. The minimum Gasteiger partial charge on any atom is -0.386 e. The third kappa shape index (κ3) is 4.28. The number of sulfonamides is 1. The zero-order valence-corrected chi connectivity index (χ0v) is 12.7. The van der Waals surface area contributed by atoms with Crippen LogP contribution in [0, 0.1) is 5.41 Å². The minimum atomic E-state index is -3.50. The van der Waals surface area contributed by atoms with Crippen LogP contribution in [0.3, 0.4) is 0 Å². The normalized spacial score (nSPS) is 12.3. The van der Waals surface area contributed by atoms with E-state index in [1.165, 1.54) is 0 Å². The lowest BCUT2D eigenvalue weighted by atomic mass is 9.93. The van der Waals surface area contributed by atoms with Crippen LogP contribution < -0.4 is 10.5 Å². The number of amidine groups is 1. The lowest BCUT2D eigenvalue weighted by molar-refractivity contribution is 0.458. The van der Waals surface area contributed by atoms with Crippen LogP contribution in [0.25, 0.3) is 0 Å². The Labute approximate surface area is 120 Å². The Hall–Kier alpha value is -1.47. The number of nitrogens with zero attached hydrogens (tertiary/aromatic N) is 1. The van der Waals surface area contributed by atoms with Crippen molar-refractivity contribution < 1.29 is 8.42 Å². The van der Waals surface area contributed by atoms with Crippen LogP contribution in [0.4, 0.5) is 0 Å². The molecule has 0 saturated heterocycles. The van der Waals surface area contributed by atoms with Gasteiger partial charge in [-0.1, -0.05) is 13.8 Å². The molecule has 6 nitrogen and oxygen atoms in total. The highest BCUT2D eigenvalue weighted by molar-refractivity contribution is 7.89. The van der Waals surface area contributed by atoms with Crippen LogP contribution in [-0.4, -0.2) is 30.5 Å². The molecule has 1 aromatic heterocycles. The molecule has 7 heteroatoms. The highest BCUT2D eigenvalue weighted by Crippen LogP contribution is 2.16. The van der Waals surface area contributed by atoms with Gasteiger partial charge in [-0.05, 0) is 37.0 Å². The zero-order valence-electron chi connectivity index (χ0n) is 11.9. The van der Waals surface area contributed by atoms with Gasteiger partial charge in [-0.15, -0.1) is 0 Å². The molecular formula is C13H22N4O2S. The summed E-state index contributed by atoms with van der Waals surface area (Å²) in [5.41, 5.74) is 5.49. The van der Waals surface area contributed by atoms with Crippen LogP contribution in [0.2, 0.25) is 0 Å². The van der Waals surface area contributed by atoms with Gasteiger partial charge in [0.2, 0.25) is 10.0 Å². The molecule has 0 aliphatic heterocycles. The van der Waals surface area contributed by atoms with Gasteiger partial charge < -0.3 is 5.73 Å². The number of nitrogens with one attached hydrogen (secondary N) is 2. The number of nitrogens with two attached hydrogens (primary N) is 1. The van der Waals surface area contributed by atoms with Gasteiger partial charge in [0.15, 0.2) is 0 Å². The standard InChI is InChI=1S/C13H22N4O2S/c1-3-13(4-2,12(14)15)17-20(18,19)10-7-11-5-8-16-9-6-11/h5-6,8-9,17H,3-4,7,10H2,1-2H3,(H3,14,15). The smallest absolute Gasteiger partial charge is 0.212 e. The molecule has 0 aliphatic carbocycles. The van der Waals surface area contributed by atoms with E-state index in [4.69, 9.17) is 11.1 Å². The van der Waals surface area contributed by atoms with Crippen molar-refractivity contribution in [3.63, 3.8) is 0 Å². The van der Waals surface area contributed by atoms with Crippen LogP contribution in [0.5, 0.6) is 0 Å². The monoisotopic (exact) mass is 298 g/mol. The minimum absolute atomic E-state index is 0.0357. The fourth-order valence-electron chi connectivity index (χ4n) is 1.98. The van der Waals surface area contributed by atoms with Crippen LogP contribution in [0.15, 0.2) is 24.5 Å². The Morgan fingerprint density at radius 1 is 1.35 bits per heavy atom. The molecule has 20 heavy (non-hydrogen) atoms. The second-order valence-electron chi connectivity index (χ2n) is 4.73. The summed E-state index contributed by atoms with van der Waals surface area (Å²) in [4.78, 5) is 3.89. The zero-order chi connectivity index (χ0) is 15.2. The molecule has 1 heterocycles. The van der Waals surface area contributed by atoms with Gasteiger partial charge in [0.05, 0.1) is 11.3 Å². The van der Waals surface area contributed by atoms with E-state index < -0.39 is 15.6 Å². The SMILES string of the molecule is CCC(CC)(NS(=O)(=O)CCc1ccncc1)C(=N)N. The van der Waals surface area contributed by atoms with Crippen molar-refractivity contribution in [1.29, 1.82) is 5.41 Å². The molecule has 0 radical (unpaired) electrons. The van der Waals surface area contributed by atoms with E-state index in [-0.39, 0.29) is 11.6 Å². The van der Waals surface area contributed by atoms with Gasteiger partial charge in [-0.2, -0.15) is 0 Å². The van der Waals surface area contributed by atoms with Crippen molar-refractivity contribution in [1.82, 2.24) is 9.71 Å². The molecular weight excluding hydrogens is 276 g/mol. The quantitative estimate of drug-likeness (QED) is 0.492. The van der Waals surface area contributed by atoms with Gasteiger partial charge in [0.1, 0.15) is 5.84 Å². The van der Waals surface area contributed by atoms with Gasteiger partial charge in [0, 0.05) is 12.4 Å². The van der Waals surface area contributed by atoms with E-state index in [1.54, 1.807) is 24.5 Å². The van der Waals surface area contributed by atoms with Crippen molar-refractivity contribution in [2.45, 2.75) is 38.6 Å². The fourth-order valence-corrected chi connectivity index (χ4v) is 3.58. The molecule has 0 aromatic carbocycles. The fraction of sp³-hybridized carbons (Fsp3) is 0.538. The molecule has 4 N–H and O–H groups in total. The molecule has 0 atom stereocenters. The number of hydrogen-bond donors (Lipinski definition) is 3. The molecule has 0 aliphatic rings. The lowest BCUT2D eigenvalue weighted by Gasteiger charge is -2.31. The second-order valence-corrected chi connectivity index (χ2v) is 6.57. The summed E-state index contributed by atoms with van der Waals surface area (Å²) in [5.74, 6) is -0.179. The van der Waals surface area contributed by atoms with Crippen LogP contribution in [0.1, 0.15) is 32.3 Å². The Bertz CT molecular complexity index is 539. The Morgan fingerprint density at radius 3 is 2.35 bits per heavy atom. The van der Waals surface area contributed by atoms with Gasteiger partial charge in [-0.3, -0.25) is 10.4 Å². The van der Waals surface area contributed by atoms with E-state index in [2.05, 4.69) is 9.71 Å². The average Bonchev–Trinajstić information content (AvgIpc) is 2.44. The summed E-state index contributed by atoms with van der Waals surface area (Å²) >= 11 is 0. The van der Waals surface area contributed by atoms with Gasteiger partial charge in [-0.25, -0.2) is 13.1 Å². The topological polar surface area (TPSA) is 109 Å². The Kier molecular flexibility index (Phi) is 5.64. The summed E-state index contributed by atoms with van der Waals surface area (Å²) in [6, 6.07) is 3.57. The van der Waals surface area contributed by atoms with Crippen LogP contribution in [-0.2, 0) is 16.4 Å². The van der Waals surface area contributed by atoms with Crippen molar-refractivity contribution in [2.75, 3.05) is 5.75 Å². The van der Waals surface area contributed by atoms with E-state index in [9.17, 15) is 8.42 Å². The molecule has 0 unspecified atom stereocenters. The van der Waals surface area contributed by atoms with E-state index >= 15 is 0 Å². The van der Waals surface area contributed by atoms with Crippen molar-refractivity contribution in [2.24, 2.45) is 5.73 Å². The molecule has 0 spiro atoms. The van der Waals surface area contributed by atoms with E-state index in [1.807, 2.05) is 13.8 Å². The Morgan fingerprint density at radius 2 is 1.90 bits per heavy atom. The van der Waals surface area contributed by atoms with Crippen molar-refractivity contribution in [3.05, 3.63) is 30.1 Å². The third-order valence-corrected chi connectivity index (χ3v) is 4.93. The first-order chi connectivity index (χ1) is 9.35. The van der Waals surface area contributed by atoms with Gasteiger partial charge in [0.25, 0.3) is 0 Å². The molecule has 0 fully saturated rings. The molecule has 1 aromatic rings. The Balaban J connectivity index is 2.76. The summed E-state index contributed by atoms with van der Waals surface area (Å²) in [6.45, 7) is 3.63.